The van der Waals surface area contributed by atoms with Gasteiger partial charge in [0.05, 0.1) is 19.2 Å². The molecule has 2 amide bonds. The van der Waals surface area contributed by atoms with Gasteiger partial charge in [0.25, 0.3) is 0 Å². The fourth-order valence-corrected chi connectivity index (χ4v) is 2.25. The number of esters is 1. The zero-order valence-electron chi connectivity index (χ0n) is 11.2. The van der Waals surface area contributed by atoms with Gasteiger partial charge in [0.1, 0.15) is 0 Å². The van der Waals surface area contributed by atoms with Crippen LogP contribution in [0.5, 0.6) is 0 Å². The normalized spacial score (nSPS) is 15.3. The third-order valence-corrected chi connectivity index (χ3v) is 3.28. The van der Waals surface area contributed by atoms with Crippen molar-refractivity contribution in [2.75, 3.05) is 12.8 Å². The molecule has 20 heavy (non-hydrogen) atoms. The van der Waals surface area contributed by atoms with Crippen LogP contribution in [0.25, 0.3) is 0 Å². The van der Waals surface area contributed by atoms with Gasteiger partial charge in [0.15, 0.2) is 0 Å². The van der Waals surface area contributed by atoms with E-state index < -0.39 is 5.97 Å². The minimum absolute atomic E-state index is 0.0487. The van der Waals surface area contributed by atoms with E-state index in [0.717, 1.165) is 0 Å². The lowest BCUT2D eigenvalue weighted by molar-refractivity contribution is -0.148. The van der Waals surface area contributed by atoms with Crippen molar-refractivity contribution in [1.82, 2.24) is 4.90 Å². The van der Waals surface area contributed by atoms with Crippen molar-refractivity contribution in [2.24, 2.45) is 0 Å². The lowest BCUT2D eigenvalue weighted by atomic mass is 10.0. The molecule has 1 aliphatic rings. The molecule has 1 aliphatic heterocycles. The van der Waals surface area contributed by atoms with Crippen LogP contribution in [0.15, 0.2) is 18.2 Å². The first-order valence-electron chi connectivity index (χ1n) is 6.33. The van der Waals surface area contributed by atoms with E-state index in [1.807, 2.05) is 0 Å². The number of methoxy groups -OCH3 is 1. The smallest absolute Gasteiger partial charge is 0.340 e. The summed E-state index contributed by atoms with van der Waals surface area (Å²) in [6, 6.07) is 4.92. The SMILES string of the molecule is COC(=O)c1c(N)cccc1CN1C(=O)CCCC1=O. The number of anilines is 1. The largest absolute Gasteiger partial charge is 0.465 e. The van der Waals surface area contributed by atoms with Crippen molar-refractivity contribution in [3.05, 3.63) is 29.3 Å². The number of nitrogens with zero attached hydrogens (tertiary/aromatic N) is 1. The van der Waals surface area contributed by atoms with Crippen LogP contribution >= 0.6 is 0 Å². The summed E-state index contributed by atoms with van der Waals surface area (Å²) in [6.07, 6.45) is 1.28. The van der Waals surface area contributed by atoms with Crippen LogP contribution in [0.1, 0.15) is 35.2 Å². The van der Waals surface area contributed by atoms with E-state index in [2.05, 4.69) is 0 Å². The summed E-state index contributed by atoms with van der Waals surface area (Å²) >= 11 is 0. The van der Waals surface area contributed by atoms with E-state index in [-0.39, 0.29) is 29.6 Å². The van der Waals surface area contributed by atoms with Crippen molar-refractivity contribution in [1.29, 1.82) is 0 Å². The van der Waals surface area contributed by atoms with Gasteiger partial charge in [0.2, 0.25) is 11.8 Å². The van der Waals surface area contributed by atoms with Crippen molar-refractivity contribution < 1.29 is 19.1 Å². The minimum atomic E-state index is -0.574. The molecule has 6 nitrogen and oxygen atoms in total. The van der Waals surface area contributed by atoms with Crippen LogP contribution in [0.3, 0.4) is 0 Å². The number of rotatable bonds is 3. The Morgan fingerprint density at radius 1 is 1.30 bits per heavy atom. The highest BCUT2D eigenvalue weighted by atomic mass is 16.5. The number of likely N-dealkylation sites (tertiary alicyclic amines) is 1. The maximum absolute atomic E-state index is 11.8. The molecule has 1 aromatic rings. The Morgan fingerprint density at radius 3 is 2.55 bits per heavy atom. The first kappa shape index (κ1) is 14.0. The van der Waals surface area contributed by atoms with Gasteiger partial charge in [-0.25, -0.2) is 4.79 Å². The highest BCUT2D eigenvalue weighted by Crippen LogP contribution is 2.22. The van der Waals surface area contributed by atoms with E-state index in [0.29, 0.717) is 24.8 Å². The number of hydrogen-bond acceptors (Lipinski definition) is 5. The Balaban J connectivity index is 2.33. The summed E-state index contributed by atoms with van der Waals surface area (Å²) in [4.78, 5) is 36.5. The minimum Gasteiger partial charge on any atom is -0.465 e. The van der Waals surface area contributed by atoms with E-state index in [4.69, 9.17) is 10.5 Å². The Bertz CT molecular complexity index is 552. The lowest BCUT2D eigenvalue weighted by Gasteiger charge is -2.25. The standard InChI is InChI=1S/C14H16N2O4/c1-20-14(19)13-9(4-2-5-10(13)15)8-16-11(17)6-3-7-12(16)18/h2,4-5H,3,6-8,15H2,1H3. The highest BCUT2D eigenvalue weighted by molar-refractivity contribution is 5.99. The Hall–Kier alpha value is -2.37. The molecule has 0 atom stereocenters. The molecule has 0 radical (unpaired) electrons. The quantitative estimate of drug-likeness (QED) is 0.507. The number of nitrogens with two attached hydrogens (primary N) is 1. The van der Waals surface area contributed by atoms with Gasteiger partial charge >= 0.3 is 5.97 Å². The van der Waals surface area contributed by atoms with E-state index in [9.17, 15) is 14.4 Å². The van der Waals surface area contributed by atoms with Crippen LogP contribution in [-0.4, -0.2) is 29.8 Å². The molecule has 0 saturated carbocycles. The van der Waals surface area contributed by atoms with Crippen LogP contribution < -0.4 is 5.73 Å². The number of imide groups is 1. The summed E-state index contributed by atoms with van der Waals surface area (Å²) in [5, 5.41) is 0. The van der Waals surface area contributed by atoms with Gasteiger partial charge in [-0.1, -0.05) is 12.1 Å². The lowest BCUT2D eigenvalue weighted by Crippen LogP contribution is -2.39. The van der Waals surface area contributed by atoms with Gasteiger partial charge in [-0.2, -0.15) is 0 Å². The number of amides is 2. The molecule has 1 saturated heterocycles. The van der Waals surface area contributed by atoms with Gasteiger partial charge in [-0.05, 0) is 18.1 Å². The predicted octanol–water partition coefficient (Wildman–Crippen LogP) is 1.09. The molecule has 0 aromatic heterocycles. The number of nitrogen functional groups attached to an aromatic ring is 1. The first-order chi connectivity index (χ1) is 9.54. The molecular formula is C14H16N2O4. The number of carbonyl (C=O) groups excluding carboxylic acids is 3. The van der Waals surface area contributed by atoms with Gasteiger partial charge in [-0.3, -0.25) is 14.5 Å². The average molecular weight is 276 g/mol. The van der Waals surface area contributed by atoms with Gasteiger partial charge in [0, 0.05) is 18.5 Å². The number of piperidine rings is 1. The topological polar surface area (TPSA) is 89.7 Å². The second-order valence-corrected chi connectivity index (χ2v) is 4.60. The fourth-order valence-electron chi connectivity index (χ4n) is 2.25. The van der Waals surface area contributed by atoms with Crippen LogP contribution in [0, 0.1) is 0 Å². The molecule has 0 aliphatic carbocycles. The average Bonchev–Trinajstić information content (AvgIpc) is 2.42. The van der Waals surface area contributed by atoms with E-state index >= 15 is 0 Å². The molecule has 2 rings (SSSR count). The van der Waals surface area contributed by atoms with Crippen LogP contribution in [-0.2, 0) is 20.9 Å². The molecule has 2 N–H and O–H groups in total. The molecule has 1 aromatic carbocycles. The number of benzene rings is 1. The van der Waals surface area contributed by atoms with Crippen molar-refractivity contribution in [3.63, 3.8) is 0 Å². The third kappa shape index (κ3) is 2.64. The Kier molecular flexibility index (Phi) is 4.02. The van der Waals surface area contributed by atoms with Gasteiger partial charge in [-0.15, -0.1) is 0 Å². The van der Waals surface area contributed by atoms with Crippen molar-refractivity contribution >= 4 is 23.5 Å². The summed E-state index contributed by atoms with van der Waals surface area (Å²) in [6.45, 7) is 0.0487. The predicted molar refractivity (Wildman–Crippen MR) is 71.6 cm³/mol. The molecule has 1 fully saturated rings. The van der Waals surface area contributed by atoms with Gasteiger partial charge < -0.3 is 10.5 Å². The summed E-state index contributed by atoms with van der Waals surface area (Å²) < 4.78 is 4.69. The second-order valence-electron chi connectivity index (χ2n) is 4.60. The second kappa shape index (κ2) is 5.73. The molecule has 6 heteroatoms. The highest BCUT2D eigenvalue weighted by Gasteiger charge is 2.27. The molecular weight excluding hydrogens is 260 g/mol. The van der Waals surface area contributed by atoms with Crippen molar-refractivity contribution in [2.45, 2.75) is 25.8 Å². The summed E-state index contributed by atoms with van der Waals surface area (Å²) in [5.41, 5.74) is 6.78. The number of ether oxygens (including phenoxy) is 1. The first-order valence-corrected chi connectivity index (χ1v) is 6.33. The number of hydrogen-bond donors (Lipinski definition) is 1. The zero-order chi connectivity index (χ0) is 14.7. The van der Waals surface area contributed by atoms with Crippen LogP contribution in [0.4, 0.5) is 5.69 Å². The molecule has 0 bridgehead atoms. The summed E-state index contributed by atoms with van der Waals surface area (Å²) in [5.74, 6) is -1.02. The monoisotopic (exact) mass is 276 g/mol. The molecule has 1 heterocycles. The molecule has 0 unspecified atom stereocenters. The Morgan fingerprint density at radius 2 is 1.95 bits per heavy atom. The van der Waals surface area contributed by atoms with E-state index in [1.165, 1.54) is 12.0 Å². The maximum atomic E-state index is 11.8. The maximum Gasteiger partial charge on any atom is 0.340 e. The molecule has 0 spiro atoms. The fraction of sp³-hybridized carbons (Fsp3) is 0.357. The number of carbonyl (C=O) groups is 3. The molecule has 106 valence electrons. The van der Waals surface area contributed by atoms with E-state index in [1.54, 1.807) is 18.2 Å². The van der Waals surface area contributed by atoms with Crippen LogP contribution in [0.2, 0.25) is 0 Å². The zero-order valence-corrected chi connectivity index (χ0v) is 11.2. The van der Waals surface area contributed by atoms with Crippen molar-refractivity contribution in [3.8, 4) is 0 Å². The summed E-state index contributed by atoms with van der Waals surface area (Å²) in [7, 11) is 1.26. The Labute approximate surface area is 116 Å². The third-order valence-electron chi connectivity index (χ3n) is 3.28.